The van der Waals surface area contributed by atoms with Crippen molar-refractivity contribution in [3.8, 4) is 0 Å². The molecule has 0 spiro atoms. The Balaban J connectivity index is 1.71. The van der Waals surface area contributed by atoms with Crippen molar-refractivity contribution in [2.45, 2.75) is 24.3 Å². The minimum Gasteiger partial charge on any atom is -0.293 e. The predicted molar refractivity (Wildman–Crippen MR) is 106 cm³/mol. The maximum atomic E-state index is 13.3. The fraction of sp³-hybridized carbons (Fsp3) is 0.143. The van der Waals surface area contributed by atoms with Gasteiger partial charge in [-0.2, -0.15) is 4.98 Å². The van der Waals surface area contributed by atoms with Crippen molar-refractivity contribution in [3.63, 3.8) is 0 Å². The number of fused-ring (bicyclic) bond motifs is 1. The van der Waals surface area contributed by atoms with Gasteiger partial charge in [-0.25, -0.2) is 9.50 Å². The van der Waals surface area contributed by atoms with Crippen LogP contribution in [0.1, 0.15) is 32.3 Å². The molecule has 0 N–H and O–H groups in total. The second-order valence-corrected chi connectivity index (χ2v) is 7.47. The number of aromatic nitrogens is 4. The van der Waals surface area contributed by atoms with Gasteiger partial charge in [0.05, 0.1) is 0 Å². The Morgan fingerprint density at radius 3 is 2.33 bits per heavy atom. The van der Waals surface area contributed by atoms with E-state index in [9.17, 15) is 4.79 Å². The summed E-state index contributed by atoms with van der Waals surface area (Å²) >= 11 is 1.35. The molecule has 4 aromatic rings. The molecule has 2 heterocycles. The van der Waals surface area contributed by atoms with Crippen LogP contribution in [-0.4, -0.2) is 25.4 Å². The van der Waals surface area contributed by atoms with Crippen molar-refractivity contribution in [3.05, 3.63) is 89.2 Å². The molecule has 0 saturated heterocycles. The Kier molecular flexibility index (Phi) is 4.73. The second kappa shape index (κ2) is 7.32. The van der Waals surface area contributed by atoms with Gasteiger partial charge in [0.1, 0.15) is 5.25 Å². The molecule has 0 amide bonds. The third-order valence-corrected chi connectivity index (χ3v) is 5.38. The highest BCUT2D eigenvalue weighted by molar-refractivity contribution is 8.00. The van der Waals surface area contributed by atoms with E-state index in [-0.39, 0.29) is 5.78 Å². The van der Waals surface area contributed by atoms with Gasteiger partial charge in [0, 0.05) is 18.0 Å². The fourth-order valence-electron chi connectivity index (χ4n) is 2.75. The molecule has 2 aromatic carbocycles. The normalized spacial score (nSPS) is 12.2. The topological polar surface area (TPSA) is 60.2 Å². The number of carbonyl (C=O) groups excluding carboxylic acids is 1. The Morgan fingerprint density at radius 2 is 1.67 bits per heavy atom. The highest BCUT2D eigenvalue weighted by atomic mass is 32.2. The van der Waals surface area contributed by atoms with Gasteiger partial charge in [-0.3, -0.25) is 4.79 Å². The van der Waals surface area contributed by atoms with Crippen LogP contribution in [0.25, 0.3) is 5.78 Å². The zero-order valence-electron chi connectivity index (χ0n) is 15.0. The van der Waals surface area contributed by atoms with Crippen molar-refractivity contribution in [2.75, 3.05) is 0 Å². The lowest BCUT2D eigenvalue weighted by molar-refractivity contribution is 0.0989. The number of nitrogens with zero attached hydrogens (tertiary/aromatic N) is 4. The van der Waals surface area contributed by atoms with Crippen LogP contribution in [0.5, 0.6) is 0 Å². The maximum absolute atomic E-state index is 13.3. The van der Waals surface area contributed by atoms with Crippen LogP contribution in [0.2, 0.25) is 0 Å². The molecular weight excluding hydrogens is 356 g/mol. The van der Waals surface area contributed by atoms with Crippen LogP contribution in [0, 0.1) is 13.8 Å². The maximum Gasteiger partial charge on any atom is 0.253 e. The standard InChI is InChI=1S/C21H18N4OS/c1-14-4-8-16(9-5-14)18(26)19(17-10-6-15(2)7-11-17)27-21-23-20-22-12-3-13-25(20)24-21/h3-13,19H,1-2H3/t19-/m1/s1. The first-order valence-electron chi connectivity index (χ1n) is 8.62. The quantitative estimate of drug-likeness (QED) is 0.381. The number of thioether (sulfide) groups is 1. The van der Waals surface area contributed by atoms with Crippen LogP contribution >= 0.6 is 11.8 Å². The summed E-state index contributed by atoms with van der Waals surface area (Å²) in [4.78, 5) is 21.9. The molecule has 0 unspecified atom stereocenters. The number of benzene rings is 2. The highest BCUT2D eigenvalue weighted by Crippen LogP contribution is 2.36. The van der Waals surface area contributed by atoms with Crippen LogP contribution < -0.4 is 0 Å². The zero-order chi connectivity index (χ0) is 18.8. The van der Waals surface area contributed by atoms with Crippen molar-refractivity contribution in [2.24, 2.45) is 0 Å². The minimum absolute atomic E-state index is 0.0377. The molecule has 6 heteroatoms. The lowest BCUT2D eigenvalue weighted by atomic mass is 10.0. The van der Waals surface area contributed by atoms with E-state index < -0.39 is 5.25 Å². The molecule has 0 bridgehead atoms. The van der Waals surface area contributed by atoms with E-state index in [0.29, 0.717) is 16.5 Å². The average molecular weight is 374 g/mol. The molecule has 27 heavy (non-hydrogen) atoms. The van der Waals surface area contributed by atoms with E-state index in [1.54, 1.807) is 23.0 Å². The number of carbonyl (C=O) groups is 1. The van der Waals surface area contributed by atoms with Crippen molar-refractivity contribution in [1.29, 1.82) is 0 Å². The SMILES string of the molecule is Cc1ccc(C(=O)[C@H](Sc2nc3ncccn3n2)c2ccc(C)cc2)cc1. The summed E-state index contributed by atoms with van der Waals surface area (Å²) in [5.41, 5.74) is 3.89. The number of hydrogen-bond acceptors (Lipinski definition) is 5. The Morgan fingerprint density at radius 1 is 1.00 bits per heavy atom. The van der Waals surface area contributed by atoms with Gasteiger partial charge in [-0.15, -0.1) is 5.10 Å². The van der Waals surface area contributed by atoms with Crippen LogP contribution in [0.4, 0.5) is 0 Å². The summed E-state index contributed by atoms with van der Waals surface area (Å²) in [6, 6.07) is 17.5. The number of aryl methyl sites for hydroxylation is 2. The van der Waals surface area contributed by atoms with E-state index in [1.165, 1.54) is 11.8 Å². The largest absolute Gasteiger partial charge is 0.293 e. The van der Waals surface area contributed by atoms with Crippen molar-refractivity contribution >= 4 is 23.3 Å². The molecular formula is C21H18N4OS. The molecule has 0 saturated carbocycles. The summed E-state index contributed by atoms with van der Waals surface area (Å²) < 4.78 is 1.62. The van der Waals surface area contributed by atoms with Gasteiger partial charge in [0.15, 0.2) is 5.78 Å². The van der Waals surface area contributed by atoms with Crippen molar-refractivity contribution in [1.82, 2.24) is 19.6 Å². The summed E-state index contributed by atoms with van der Waals surface area (Å²) in [5, 5.41) is 4.54. The van der Waals surface area contributed by atoms with Gasteiger partial charge in [0.25, 0.3) is 5.78 Å². The lowest BCUT2D eigenvalue weighted by Gasteiger charge is -2.15. The number of ketones is 1. The minimum atomic E-state index is -0.425. The lowest BCUT2D eigenvalue weighted by Crippen LogP contribution is -2.10. The molecule has 0 aliphatic heterocycles. The molecule has 5 nitrogen and oxygen atoms in total. The van der Waals surface area contributed by atoms with E-state index >= 15 is 0 Å². The van der Waals surface area contributed by atoms with Gasteiger partial charge in [0.2, 0.25) is 5.16 Å². The van der Waals surface area contributed by atoms with E-state index in [4.69, 9.17) is 0 Å². The van der Waals surface area contributed by atoms with Gasteiger partial charge in [-0.1, -0.05) is 71.4 Å². The molecule has 1 atom stereocenters. The second-order valence-electron chi connectivity index (χ2n) is 6.40. The monoisotopic (exact) mass is 374 g/mol. The molecule has 0 aliphatic rings. The third kappa shape index (κ3) is 3.75. The summed E-state index contributed by atoms with van der Waals surface area (Å²) in [7, 11) is 0. The van der Waals surface area contributed by atoms with Crippen LogP contribution in [0.15, 0.2) is 72.1 Å². The first-order chi connectivity index (χ1) is 13.1. The highest BCUT2D eigenvalue weighted by Gasteiger charge is 2.25. The summed E-state index contributed by atoms with van der Waals surface area (Å²) in [5.74, 6) is 0.557. The van der Waals surface area contributed by atoms with Crippen LogP contribution in [-0.2, 0) is 0 Å². The third-order valence-electron chi connectivity index (χ3n) is 4.27. The molecule has 4 rings (SSSR count). The Hall–Kier alpha value is -2.99. The molecule has 2 aromatic heterocycles. The first-order valence-corrected chi connectivity index (χ1v) is 9.49. The van der Waals surface area contributed by atoms with E-state index in [2.05, 4.69) is 15.1 Å². The summed E-state index contributed by atoms with van der Waals surface area (Å²) in [6.07, 6.45) is 3.47. The fourth-order valence-corrected chi connectivity index (χ4v) is 3.77. The van der Waals surface area contributed by atoms with E-state index in [0.717, 1.165) is 16.7 Å². The molecule has 0 fully saturated rings. The average Bonchev–Trinajstić information content (AvgIpc) is 3.10. The van der Waals surface area contributed by atoms with Gasteiger partial charge < -0.3 is 0 Å². The van der Waals surface area contributed by atoms with Gasteiger partial charge >= 0.3 is 0 Å². The number of rotatable bonds is 5. The molecule has 134 valence electrons. The van der Waals surface area contributed by atoms with Gasteiger partial charge in [-0.05, 0) is 25.5 Å². The predicted octanol–water partition coefficient (Wildman–Crippen LogP) is 4.46. The smallest absolute Gasteiger partial charge is 0.253 e. The molecule has 0 aliphatic carbocycles. The first kappa shape index (κ1) is 17.4. The zero-order valence-corrected chi connectivity index (χ0v) is 15.9. The number of Topliss-reactive ketones (excluding diaryl/α,β-unsaturated/α-hetero) is 1. The van der Waals surface area contributed by atoms with Crippen molar-refractivity contribution < 1.29 is 4.79 Å². The molecule has 0 radical (unpaired) electrons. The van der Waals surface area contributed by atoms with E-state index in [1.807, 2.05) is 62.4 Å². The Labute approximate surface area is 161 Å². The van der Waals surface area contributed by atoms with Crippen LogP contribution in [0.3, 0.4) is 0 Å². The summed E-state index contributed by atoms with van der Waals surface area (Å²) in [6.45, 7) is 4.04. The Bertz CT molecular complexity index is 1050. The number of hydrogen-bond donors (Lipinski definition) is 0.